The number of hydrogen-bond acceptors (Lipinski definition) is 6. The Hall–Kier alpha value is -1.71. The second-order valence-corrected chi connectivity index (χ2v) is 7.97. The van der Waals surface area contributed by atoms with Crippen LogP contribution in [0.3, 0.4) is 0 Å². The molecule has 2 rings (SSSR count). The number of carboxylic acid groups (broad SMARTS) is 1. The van der Waals surface area contributed by atoms with E-state index in [4.69, 9.17) is 22.1 Å². The van der Waals surface area contributed by atoms with Gasteiger partial charge >= 0.3 is 11.9 Å². The maximum absolute atomic E-state index is 12.7. The van der Waals surface area contributed by atoms with Crippen molar-refractivity contribution in [3.63, 3.8) is 0 Å². The summed E-state index contributed by atoms with van der Waals surface area (Å²) >= 11 is 9.64. The van der Waals surface area contributed by atoms with Crippen molar-refractivity contribution in [3.8, 4) is 0 Å². The first kappa shape index (κ1) is 20.6. The maximum atomic E-state index is 12.7. The van der Waals surface area contributed by atoms with Crippen LogP contribution in [0.1, 0.15) is 25.3 Å². The standard InChI is InChI=1S/C17H16BrNO5S2/c1-10(20)24-8-2-3-13(11-4-6-12(18)7-5-11)15-16(23)19(9-14(21)22)17(25)26-15/h4-7H,2-3,8-9H2,1H3,(H,21,22)/b15-13+. The summed E-state index contributed by atoms with van der Waals surface area (Å²) in [5.41, 5.74) is 1.60. The number of esters is 1. The second-order valence-electron chi connectivity index (χ2n) is 5.41. The van der Waals surface area contributed by atoms with Gasteiger partial charge in [-0.1, -0.05) is 52.0 Å². The summed E-state index contributed by atoms with van der Waals surface area (Å²) in [7, 11) is 0. The van der Waals surface area contributed by atoms with E-state index in [1.54, 1.807) is 0 Å². The quantitative estimate of drug-likeness (QED) is 0.290. The van der Waals surface area contributed by atoms with Crippen LogP contribution in [-0.4, -0.2) is 45.3 Å². The van der Waals surface area contributed by atoms with Gasteiger partial charge in [0.25, 0.3) is 5.91 Å². The number of nitrogens with zero attached hydrogens (tertiary/aromatic N) is 1. The Morgan fingerprint density at radius 1 is 1.31 bits per heavy atom. The summed E-state index contributed by atoms with van der Waals surface area (Å²) in [6.45, 7) is 1.12. The molecule has 1 amide bonds. The third-order valence-electron chi connectivity index (χ3n) is 3.49. The van der Waals surface area contributed by atoms with Crippen LogP contribution in [0.4, 0.5) is 0 Å². The third-order valence-corrected chi connectivity index (χ3v) is 5.50. The molecule has 0 unspecified atom stereocenters. The van der Waals surface area contributed by atoms with Gasteiger partial charge in [-0.15, -0.1) is 0 Å². The third kappa shape index (κ3) is 5.39. The monoisotopic (exact) mass is 457 g/mol. The largest absolute Gasteiger partial charge is 0.480 e. The molecule has 1 fully saturated rings. The number of allylic oxidation sites excluding steroid dienone is 1. The van der Waals surface area contributed by atoms with Gasteiger partial charge in [-0.25, -0.2) is 0 Å². The van der Waals surface area contributed by atoms with E-state index in [0.717, 1.165) is 32.3 Å². The molecule has 0 radical (unpaired) electrons. The summed E-state index contributed by atoms with van der Waals surface area (Å²) in [4.78, 5) is 36.1. The molecular formula is C17H16BrNO5S2. The van der Waals surface area contributed by atoms with Crippen molar-refractivity contribution < 1.29 is 24.2 Å². The first-order valence-corrected chi connectivity index (χ1v) is 9.69. The summed E-state index contributed by atoms with van der Waals surface area (Å²) in [6.07, 6.45) is 1.03. The van der Waals surface area contributed by atoms with Crippen molar-refractivity contribution >= 4 is 67.6 Å². The average molecular weight is 458 g/mol. The molecule has 0 bridgehead atoms. The highest BCUT2D eigenvalue weighted by Crippen LogP contribution is 2.38. The van der Waals surface area contributed by atoms with Gasteiger partial charge in [0.15, 0.2) is 0 Å². The van der Waals surface area contributed by atoms with Crippen LogP contribution in [0.15, 0.2) is 33.6 Å². The van der Waals surface area contributed by atoms with Crippen LogP contribution >= 0.6 is 39.9 Å². The van der Waals surface area contributed by atoms with Gasteiger partial charge in [0.1, 0.15) is 10.9 Å². The Bertz CT molecular complexity index is 776. The fourth-order valence-electron chi connectivity index (χ4n) is 2.36. The number of carbonyl (C=O) groups excluding carboxylic acids is 2. The number of halogens is 1. The minimum absolute atomic E-state index is 0.224. The van der Waals surface area contributed by atoms with Gasteiger partial charge in [0.2, 0.25) is 0 Å². The van der Waals surface area contributed by atoms with Gasteiger partial charge < -0.3 is 9.84 Å². The lowest BCUT2D eigenvalue weighted by atomic mass is 10.0. The molecule has 1 N–H and O–H groups in total. The number of amides is 1. The normalized spacial score (nSPS) is 16.0. The van der Waals surface area contributed by atoms with Crippen molar-refractivity contribution in [3.05, 3.63) is 39.2 Å². The molecule has 138 valence electrons. The van der Waals surface area contributed by atoms with Crippen molar-refractivity contribution in [2.75, 3.05) is 13.2 Å². The zero-order valence-electron chi connectivity index (χ0n) is 13.9. The number of thioether (sulfide) groups is 1. The molecule has 26 heavy (non-hydrogen) atoms. The number of benzene rings is 1. The lowest BCUT2D eigenvalue weighted by Crippen LogP contribution is -2.33. The molecule has 1 heterocycles. The molecule has 0 aromatic heterocycles. The predicted octanol–water partition coefficient (Wildman–Crippen LogP) is 3.45. The van der Waals surface area contributed by atoms with Crippen LogP contribution in [0, 0.1) is 0 Å². The number of rotatable bonds is 7. The zero-order chi connectivity index (χ0) is 19.3. The van der Waals surface area contributed by atoms with E-state index in [9.17, 15) is 14.4 Å². The lowest BCUT2D eigenvalue weighted by molar-refractivity contribution is -0.141. The molecule has 0 saturated carbocycles. The van der Waals surface area contributed by atoms with Gasteiger partial charge in [-0.05, 0) is 36.1 Å². The molecule has 0 aliphatic carbocycles. The van der Waals surface area contributed by atoms with Gasteiger partial charge in [-0.2, -0.15) is 0 Å². The number of hydrogen-bond donors (Lipinski definition) is 1. The number of carbonyl (C=O) groups is 3. The Labute approximate surface area is 168 Å². The smallest absolute Gasteiger partial charge is 0.323 e. The number of aliphatic carboxylic acids is 1. The number of thiocarbonyl (C=S) groups is 1. The summed E-state index contributed by atoms with van der Waals surface area (Å²) < 4.78 is 6.08. The first-order chi connectivity index (χ1) is 12.3. The molecular weight excluding hydrogens is 442 g/mol. The average Bonchev–Trinajstić information content (AvgIpc) is 2.83. The van der Waals surface area contributed by atoms with E-state index >= 15 is 0 Å². The van der Waals surface area contributed by atoms with E-state index in [2.05, 4.69) is 15.9 Å². The summed E-state index contributed by atoms with van der Waals surface area (Å²) in [5.74, 6) is -1.89. The maximum Gasteiger partial charge on any atom is 0.323 e. The first-order valence-electron chi connectivity index (χ1n) is 7.67. The molecule has 0 atom stereocenters. The zero-order valence-corrected chi connectivity index (χ0v) is 17.1. The van der Waals surface area contributed by atoms with E-state index in [1.165, 1.54) is 6.92 Å². The van der Waals surface area contributed by atoms with Crippen molar-refractivity contribution in [2.24, 2.45) is 0 Å². The molecule has 1 saturated heterocycles. The van der Waals surface area contributed by atoms with E-state index in [-0.39, 0.29) is 16.9 Å². The SMILES string of the molecule is CC(=O)OCCC/C(=C1\SC(=S)N(CC(=O)O)C1=O)c1ccc(Br)cc1. The fourth-order valence-corrected chi connectivity index (χ4v) is 3.99. The Morgan fingerprint density at radius 3 is 2.54 bits per heavy atom. The van der Waals surface area contributed by atoms with E-state index < -0.39 is 18.4 Å². The second kappa shape index (κ2) is 9.29. The molecule has 9 heteroatoms. The van der Waals surface area contributed by atoms with E-state index in [0.29, 0.717) is 17.7 Å². The predicted molar refractivity (Wildman–Crippen MR) is 106 cm³/mol. The fraction of sp³-hybridized carbons (Fsp3) is 0.294. The highest BCUT2D eigenvalue weighted by atomic mass is 79.9. The number of carboxylic acids is 1. The van der Waals surface area contributed by atoms with E-state index in [1.807, 2.05) is 24.3 Å². The van der Waals surface area contributed by atoms with Gasteiger partial charge in [0, 0.05) is 11.4 Å². The molecule has 1 aromatic carbocycles. The Balaban J connectivity index is 2.32. The topological polar surface area (TPSA) is 83.9 Å². The molecule has 1 aromatic rings. The Morgan fingerprint density at radius 2 is 1.96 bits per heavy atom. The van der Waals surface area contributed by atoms with Crippen LogP contribution in [-0.2, 0) is 19.1 Å². The van der Waals surface area contributed by atoms with Crippen LogP contribution in [0.2, 0.25) is 0 Å². The molecule has 0 spiro atoms. The minimum Gasteiger partial charge on any atom is -0.480 e. The highest BCUT2D eigenvalue weighted by molar-refractivity contribution is 9.10. The lowest BCUT2D eigenvalue weighted by Gasteiger charge is -2.13. The van der Waals surface area contributed by atoms with Crippen molar-refractivity contribution in [1.82, 2.24) is 4.90 Å². The minimum atomic E-state index is -1.12. The highest BCUT2D eigenvalue weighted by Gasteiger charge is 2.35. The van der Waals surface area contributed by atoms with Crippen LogP contribution in [0.25, 0.3) is 5.57 Å². The number of ether oxygens (including phenoxy) is 1. The van der Waals surface area contributed by atoms with Gasteiger partial charge in [0.05, 0.1) is 11.5 Å². The van der Waals surface area contributed by atoms with Crippen molar-refractivity contribution in [1.29, 1.82) is 0 Å². The van der Waals surface area contributed by atoms with Crippen LogP contribution < -0.4 is 0 Å². The molecule has 1 aliphatic heterocycles. The van der Waals surface area contributed by atoms with Crippen molar-refractivity contribution in [2.45, 2.75) is 19.8 Å². The summed E-state index contributed by atoms with van der Waals surface area (Å²) in [6, 6.07) is 7.46. The molecule has 6 nitrogen and oxygen atoms in total. The Kier molecular flexibility index (Phi) is 7.36. The van der Waals surface area contributed by atoms with Crippen LogP contribution in [0.5, 0.6) is 0 Å². The van der Waals surface area contributed by atoms with Gasteiger partial charge in [-0.3, -0.25) is 19.3 Å². The summed E-state index contributed by atoms with van der Waals surface area (Å²) in [5, 5.41) is 8.97. The molecule has 1 aliphatic rings.